The van der Waals surface area contributed by atoms with Crippen LogP contribution in [-0.2, 0) is 4.74 Å². The van der Waals surface area contributed by atoms with Crippen LogP contribution in [0.15, 0.2) is 22.9 Å². The topological polar surface area (TPSA) is 34.6 Å². The lowest BCUT2D eigenvalue weighted by molar-refractivity contribution is -0.00316. The van der Waals surface area contributed by atoms with E-state index in [4.69, 9.17) is 9.47 Å². The molecule has 2 atom stereocenters. The Morgan fingerprint density at radius 3 is 3.15 bits per heavy atom. The van der Waals surface area contributed by atoms with E-state index in [-0.39, 0.29) is 6.10 Å². The molecule has 2 aliphatic rings. The summed E-state index contributed by atoms with van der Waals surface area (Å²) in [6.07, 6.45) is 9.06. The van der Waals surface area contributed by atoms with E-state index in [1.165, 1.54) is 19.3 Å². The van der Waals surface area contributed by atoms with E-state index in [2.05, 4.69) is 25.8 Å². The summed E-state index contributed by atoms with van der Waals surface area (Å²) >= 11 is 3.48. The number of hydrogen-bond donors (Lipinski definition) is 0. The first-order chi connectivity index (χ1) is 9.81. The fraction of sp³-hybridized carbons (Fsp3) is 0.667. The standard InChI is InChI=1S/C15H21BrN2O2/c16-14-9-17-6-4-15(14)20-13-5-7-18(11-13)10-12-3-1-2-8-19-12/h4,6,9,12-13H,1-3,5,7-8,10-11H2. The Kier molecular flexibility index (Phi) is 4.91. The lowest BCUT2D eigenvalue weighted by atomic mass is 10.1. The van der Waals surface area contributed by atoms with Crippen molar-refractivity contribution in [2.75, 3.05) is 26.2 Å². The Morgan fingerprint density at radius 2 is 2.35 bits per heavy atom. The lowest BCUT2D eigenvalue weighted by Crippen LogP contribution is -2.35. The van der Waals surface area contributed by atoms with E-state index >= 15 is 0 Å². The van der Waals surface area contributed by atoms with E-state index in [0.29, 0.717) is 6.10 Å². The Hall–Kier alpha value is -0.650. The summed E-state index contributed by atoms with van der Waals surface area (Å²) in [7, 11) is 0. The Balaban J connectivity index is 1.48. The van der Waals surface area contributed by atoms with Gasteiger partial charge in [-0.25, -0.2) is 0 Å². The molecule has 0 saturated carbocycles. The number of aromatic nitrogens is 1. The molecule has 0 N–H and O–H groups in total. The minimum atomic E-state index is 0.275. The van der Waals surface area contributed by atoms with Gasteiger partial charge in [0, 0.05) is 38.6 Å². The SMILES string of the molecule is Brc1cnccc1OC1CCN(CC2CCCCO2)C1. The Labute approximate surface area is 128 Å². The molecule has 2 fully saturated rings. The van der Waals surface area contributed by atoms with Crippen molar-refractivity contribution in [2.45, 2.75) is 37.9 Å². The monoisotopic (exact) mass is 340 g/mol. The first-order valence-electron chi connectivity index (χ1n) is 7.41. The third-order valence-electron chi connectivity index (χ3n) is 3.99. The molecule has 20 heavy (non-hydrogen) atoms. The van der Waals surface area contributed by atoms with E-state index in [1.807, 2.05) is 6.07 Å². The normalized spacial score (nSPS) is 27.6. The van der Waals surface area contributed by atoms with Crippen LogP contribution >= 0.6 is 15.9 Å². The minimum absolute atomic E-state index is 0.275. The largest absolute Gasteiger partial charge is 0.488 e. The molecule has 1 aromatic rings. The summed E-state index contributed by atoms with van der Waals surface area (Å²) in [4.78, 5) is 6.53. The van der Waals surface area contributed by atoms with Gasteiger partial charge in [-0.05, 0) is 47.7 Å². The van der Waals surface area contributed by atoms with Crippen molar-refractivity contribution in [3.8, 4) is 5.75 Å². The van der Waals surface area contributed by atoms with Gasteiger partial charge in [0.2, 0.25) is 0 Å². The molecule has 0 spiro atoms. The molecule has 2 unspecified atom stereocenters. The number of hydrogen-bond acceptors (Lipinski definition) is 4. The molecule has 0 bridgehead atoms. The average Bonchev–Trinajstić information content (AvgIpc) is 2.90. The van der Waals surface area contributed by atoms with Gasteiger partial charge in [0.1, 0.15) is 11.9 Å². The van der Waals surface area contributed by atoms with Crippen LogP contribution in [-0.4, -0.2) is 48.3 Å². The van der Waals surface area contributed by atoms with Crippen molar-refractivity contribution in [1.82, 2.24) is 9.88 Å². The summed E-state index contributed by atoms with van der Waals surface area (Å²) in [5, 5.41) is 0. The van der Waals surface area contributed by atoms with Crippen LogP contribution in [0.1, 0.15) is 25.7 Å². The highest BCUT2D eigenvalue weighted by atomic mass is 79.9. The van der Waals surface area contributed by atoms with Gasteiger partial charge in [0.25, 0.3) is 0 Å². The number of ether oxygens (including phenoxy) is 2. The van der Waals surface area contributed by atoms with Crippen LogP contribution in [0.2, 0.25) is 0 Å². The zero-order chi connectivity index (χ0) is 13.8. The molecule has 4 nitrogen and oxygen atoms in total. The molecular formula is C15H21BrN2O2. The van der Waals surface area contributed by atoms with Gasteiger partial charge >= 0.3 is 0 Å². The molecule has 0 aromatic carbocycles. The van der Waals surface area contributed by atoms with Crippen LogP contribution < -0.4 is 4.74 Å². The first-order valence-corrected chi connectivity index (χ1v) is 8.20. The summed E-state index contributed by atoms with van der Waals surface area (Å²) in [6.45, 7) is 4.08. The maximum atomic E-state index is 6.06. The molecule has 1 aromatic heterocycles. The highest BCUT2D eigenvalue weighted by Gasteiger charge is 2.27. The molecule has 3 rings (SSSR count). The quantitative estimate of drug-likeness (QED) is 0.844. The summed E-state index contributed by atoms with van der Waals surface area (Å²) in [6, 6.07) is 1.91. The van der Waals surface area contributed by atoms with Crippen molar-refractivity contribution in [1.29, 1.82) is 0 Å². The number of halogens is 1. The lowest BCUT2D eigenvalue weighted by Gasteiger charge is -2.27. The zero-order valence-corrected chi connectivity index (χ0v) is 13.2. The molecule has 3 heterocycles. The zero-order valence-electron chi connectivity index (χ0n) is 11.6. The highest BCUT2D eigenvalue weighted by molar-refractivity contribution is 9.10. The minimum Gasteiger partial charge on any atom is -0.488 e. The van der Waals surface area contributed by atoms with Crippen molar-refractivity contribution in [3.63, 3.8) is 0 Å². The smallest absolute Gasteiger partial charge is 0.137 e. The molecular weight excluding hydrogens is 320 g/mol. The third kappa shape index (κ3) is 3.71. The fourth-order valence-corrected chi connectivity index (χ4v) is 3.28. The van der Waals surface area contributed by atoms with Gasteiger partial charge in [0.05, 0.1) is 10.6 Å². The van der Waals surface area contributed by atoms with E-state index < -0.39 is 0 Å². The van der Waals surface area contributed by atoms with Gasteiger partial charge in [0.15, 0.2) is 0 Å². The van der Waals surface area contributed by atoms with Crippen LogP contribution in [0.4, 0.5) is 0 Å². The van der Waals surface area contributed by atoms with E-state index in [0.717, 1.165) is 42.9 Å². The fourth-order valence-electron chi connectivity index (χ4n) is 2.94. The van der Waals surface area contributed by atoms with Crippen molar-refractivity contribution < 1.29 is 9.47 Å². The highest BCUT2D eigenvalue weighted by Crippen LogP contribution is 2.26. The van der Waals surface area contributed by atoms with Crippen molar-refractivity contribution >= 4 is 15.9 Å². The molecule has 110 valence electrons. The van der Waals surface area contributed by atoms with Gasteiger partial charge in [-0.1, -0.05) is 0 Å². The maximum absolute atomic E-state index is 6.06. The maximum Gasteiger partial charge on any atom is 0.137 e. The predicted octanol–water partition coefficient (Wildman–Crippen LogP) is 2.87. The second kappa shape index (κ2) is 6.87. The number of rotatable bonds is 4. The Morgan fingerprint density at radius 1 is 1.40 bits per heavy atom. The van der Waals surface area contributed by atoms with E-state index in [9.17, 15) is 0 Å². The molecule has 0 radical (unpaired) electrons. The van der Waals surface area contributed by atoms with Gasteiger partial charge in [-0.15, -0.1) is 0 Å². The van der Waals surface area contributed by atoms with Gasteiger partial charge in [-0.3, -0.25) is 9.88 Å². The molecule has 5 heteroatoms. The molecule has 0 amide bonds. The number of nitrogens with zero attached hydrogens (tertiary/aromatic N) is 2. The van der Waals surface area contributed by atoms with Crippen LogP contribution in [0.5, 0.6) is 5.75 Å². The summed E-state index contributed by atoms with van der Waals surface area (Å²) in [5.74, 6) is 0.890. The van der Waals surface area contributed by atoms with Gasteiger partial charge < -0.3 is 9.47 Å². The average molecular weight is 341 g/mol. The predicted molar refractivity (Wildman–Crippen MR) is 81.0 cm³/mol. The van der Waals surface area contributed by atoms with Crippen molar-refractivity contribution in [3.05, 3.63) is 22.9 Å². The molecule has 0 aliphatic carbocycles. The first kappa shape index (κ1) is 14.3. The van der Waals surface area contributed by atoms with Crippen LogP contribution in [0.3, 0.4) is 0 Å². The second-order valence-electron chi connectivity index (χ2n) is 5.58. The van der Waals surface area contributed by atoms with Crippen LogP contribution in [0, 0.1) is 0 Å². The van der Waals surface area contributed by atoms with Gasteiger partial charge in [-0.2, -0.15) is 0 Å². The second-order valence-corrected chi connectivity index (χ2v) is 6.44. The summed E-state index contributed by atoms with van der Waals surface area (Å²) < 4.78 is 12.8. The molecule has 2 aliphatic heterocycles. The number of pyridine rings is 1. The Bertz CT molecular complexity index is 438. The third-order valence-corrected chi connectivity index (χ3v) is 4.59. The van der Waals surface area contributed by atoms with E-state index in [1.54, 1.807) is 12.4 Å². The number of likely N-dealkylation sites (tertiary alicyclic amines) is 1. The van der Waals surface area contributed by atoms with Crippen molar-refractivity contribution in [2.24, 2.45) is 0 Å². The summed E-state index contributed by atoms with van der Waals surface area (Å²) in [5.41, 5.74) is 0. The van der Waals surface area contributed by atoms with Crippen LogP contribution in [0.25, 0.3) is 0 Å². The molecule has 2 saturated heterocycles.